The first-order valence-corrected chi connectivity index (χ1v) is 6.85. The standard InChI is InChI=1S/C12H13BrClNO3/c13-6-5-11(16)15-10(12(17)18)7-8-1-3-9(14)4-2-8/h1-4,10H,5-7H2,(H,15,16)(H,17,18). The van der Waals surface area contributed by atoms with Crippen molar-refractivity contribution < 1.29 is 14.7 Å². The van der Waals surface area contributed by atoms with Crippen molar-refractivity contribution in [3.8, 4) is 0 Å². The Morgan fingerprint density at radius 2 is 1.94 bits per heavy atom. The minimum atomic E-state index is -1.05. The molecule has 1 aromatic carbocycles. The predicted molar refractivity (Wildman–Crippen MR) is 73.1 cm³/mol. The Labute approximate surface area is 118 Å². The van der Waals surface area contributed by atoms with Crippen LogP contribution in [0, 0.1) is 0 Å². The van der Waals surface area contributed by atoms with E-state index in [2.05, 4.69) is 21.2 Å². The quantitative estimate of drug-likeness (QED) is 0.784. The van der Waals surface area contributed by atoms with Crippen molar-refractivity contribution in [3.05, 3.63) is 34.9 Å². The summed E-state index contributed by atoms with van der Waals surface area (Å²) in [6, 6.07) is 5.95. The lowest BCUT2D eigenvalue weighted by Gasteiger charge is -2.14. The second kappa shape index (κ2) is 7.38. The van der Waals surface area contributed by atoms with Gasteiger partial charge in [-0.1, -0.05) is 39.7 Å². The summed E-state index contributed by atoms with van der Waals surface area (Å²) in [6.07, 6.45) is 0.491. The molecule has 1 unspecified atom stereocenters. The van der Waals surface area contributed by atoms with E-state index in [1.165, 1.54) is 0 Å². The van der Waals surface area contributed by atoms with Gasteiger partial charge in [-0.3, -0.25) is 4.79 Å². The van der Waals surface area contributed by atoms with Crippen molar-refractivity contribution >= 4 is 39.4 Å². The number of benzene rings is 1. The molecule has 1 atom stereocenters. The van der Waals surface area contributed by atoms with Crippen LogP contribution >= 0.6 is 27.5 Å². The molecule has 1 amide bonds. The molecular weight excluding hydrogens is 321 g/mol. The molecule has 6 heteroatoms. The van der Waals surface area contributed by atoms with Crippen LogP contribution in [0.2, 0.25) is 5.02 Å². The maximum atomic E-state index is 11.4. The van der Waals surface area contributed by atoms with Crippen LogP contribution in [0.4, 0.5) is 0 Å². The van der Waals surface area contributed by atoms with Gasteiger partial charge in [0.15, 0.2) is 0 Å². The van der Waals surface area contributed by atoms with Crippen molar-refractivity contribution in [3.63, 3.8) is 0 Å². The average molecular weight is 335 g/mol. The molecule has 0 aliphatic heterocycles. The Morgan fingerprint density at radius 3 is 2.44 bits per heavy atom. The van der Waals surface area contributed by atoms with Crippen molar-refractivity contribution in [2.45, 2.75) is 18.9 Å². The molecule has 0 bridgehead atoms. The van der Waals surface area contributed by atoms with E-state index in [1.807, 2.05) is 0 Å². The molecule has 1 rings (SSSR count). The zero-order chi connectivity index (χ0) is 13.5. The molecule has 0 fully saturated rings. The smallest absolute Gasteiger partial charge is 0.326 e. The van der Waals surface area contributed by atoms with E-state index in [9.17, 15) is 9.59 Å². The summed E-state index contributed by atoms with van der Waals surface area (Å²) in [5.41, 5.74) is 0.811. The second-order valence-electron chi connectivity index (χ2n) is 3.73. The van der Waals surface area contributed by atoms with Gasteiger partial charge in [0.2, 0.25) is 5.91 Å². The fraction of sp³-hybridized carbons (Fsp3) is 0.333. The number of hydrogen-bond acceptors (Lipinski definition) is 2. The Bertz CT molecular complexity index is 422. The van der Waals surface area contributed by atoms with Gasteiger partial charge >= 0.3 is 5.97 Å². The zero-order valence-electron chi connectivity index (χ0n) is 9.53. The number of carboxylic acid groups (broad SMARTS) is 1. The fourth-order valence-electron chi connectivity index (χ4n) is 1.41. The van der Waals surface area contributed by atoms with Crippen molar-refractivity contribution in [1.29, 1.82) is 0 Å². The molecule has 18 heavy (non-hydrogen) atoms. The first-order chi connectivity index (χ1) is 8.52. The monoisotopic (exact) mass is 333 g/mol. The summed E-state index contributed by atoms with van der Waals surface area (Å²) < 4.78 is 0. The van der Waals surface area contributed by atoms with Crippen LogP contribution in [-0.2, 0) is 16.0 Å². The lowest BCUT2D eigenvalue weighted by atomic mass is 10.1. The molecule has 0 aromatic heterocycles. The third kappa shape index (κ3) is 5.06. The van der Waals surface area contributed by atoms with E-state index in [0.29, 0.717) is 10.4 Å². The van der Waals surface area contributed by atoms with Crippen LogP contribution in [0.5, 0.6) is 0 Å². The average Bonchev–Trinajstić information content (AvgIpc) is 2.31. The normalized spacial score (nSPS) is 11.9. The molecule has 0 aliphatic rings. The van der Waals surface area contributed by atoms with E-state index < -0.39 is 12.0 Å². The maximum Gasteiger partial charge on any atom is 0.326 e. The van der Waals surface area contributed by atoms with Gasteiger partial charge < -0.3 is 10.4 Å². The lowest BCUT2D eigenvalue weighted by molar-refractivity contribution is -0.141. The van der Waals surface area contributed by atoms with Crippen LogP contribution < -0.4 is 5.32 Å². The van der Waals surface area contributed by atoms with Crippen molar-refractivity contribution in [1.82, 2.24) is 5.32 Å². The Kier molecular flexibility index (Phi) is 6.15. The summed E-state index contributed by atoms with van der Waals surface area (Å²) in [6.45, 7) is 0. The van der Waals surface area contributed by atoms with Gasteiger partial charge in [0.1, 0.15) is 6.04 Å². The topological polar surface area (TPSA) is 66.4 Å². The lowest BCUT2D eigenvalue weighted by Crippen LogP contribution is -2.42. The van der Waals surface area contributed by atoms with Gasteiger partial charge in [-0.25, -0.2) is 4.79 Å². The molecule has 0 saturated heterocycles. The first kappa shape index (κ1) is 15.0. The molecular formula is C12H13BrClNO3. The number of halogens is 2. The SMILES string of the molecule is O=C(CCBr)NC(Cc1ccc(Cl)cc1)C(=O)O. The van der Waals surface area contributed by atoms with Gasteiger partial charge in [0.25, 0.3) is 0 Å². The van der Waals surface area contributed by atoms with E-state index in [1.54, 1.807) is 24.3 Å². The number of hydrogen-bond donors (Lipinski definition) is 2. The van der Waals surface area contributed by atoms with E-state index in [-0.39, 0.29) is 18.7 Å². The number of carbonyl (C=O) groups excluding carboxylic acids is 1. The number of amides is 1. The highest BCUT2D eigenvalue weighted by atomic mass is 79.9. The minimum Gasteiger partial charge on any atom is -0.480 e. The highest BCUT2D eigenvalue weighted by Crippen LogP contribution is 2.11. The Morgan fingerprint density at radius 1 is 1.33 bits per heavy atom. The molecule has 0 spiro atoms. The van der Waals surface area contributed by atoms with E-state index in [0.717, 1.165) is 5.56 Å². The van der Waals surface area contributed by atoms with Crippen molar-refractivity contribution in [2.75, 3.05) is 5.33 Å². The predicted octanol–water partition coefficient (Wildman–Crippen LogP) is 2.24. The number of alkyl halides is 1. The van der Waals surface area contributed by atoms with Gasteiger partial charge in [-0.05, 0) is 17.7 Å². The molecule has 2 N–H and O–H groups in total. The number of carboxylic acids is 1. The Hall–Kier alpha value is -1.07. The fourth-order valence-corrected chi connectivity index (χ4v) is 1.89. The van der Waals surface area contributed by atoms with E-state index >= 15 is 0 Å². The van der Waals surface area contributed by atoms with Crippen LogP contribution in [0.15, 0.2) is 24.3 Å². The van der Waals surface area contributed by atoms with Gasteiger partial charge in [0.05, 0.1) is 0 Å². The number of rotatable bonds is 6. The minimum absolute atomic E-state index is 0.237. The third-order valence-corrected chi connectivity index (χ3v) is 2.96. The molecule has 1 aromatic rings. The van der Waals surface area contributed by atoms with E-state index in [4.69, 9.17) is 16.7 Å². The van der Waals surface area contributed by atoms with Crippen LogP contribution in [0.25, 0.3) is 0 Å². The molecule has 98 valence electrons. The van der Waals surface area contributed by atoms with Gasteiger partial charge in [0, 0.05) is 23.2 Å². The highest BCUT2D eigenvalue weighted by Gasteiger charge is 2.19. The number of carbonyl (C=O) groups is 2. The molecule has 0 aliphatic carbocycles. The molecule has 0 saturated carbocycles. The molecule has 4 nitrogen and oxygen atoms in total. The third-order valence-electron chi connectivity index (χ3n) is 2.31. The largest absolute Gasteiger partial charge is 0.480 e. The molecule has 0 radical (unpaired) electrons. The van der Waals surface area contributed by atoms with Crippen LogP contribution in [0.1, 0.15) is 12.0 Å². The summed E-state index contributed by atoms with van der Waals surface area (Å²) >= 11 is 8.87. The highest BCUT2D eigenvalue weighted by molar-refractivity contribution is 9.09. The Balaban J connectivity index is 2.65. The van der Waals surface area contributed by atoms with Gasteiger partial charge in [-0.2, -0.15) is 0 Å². The summed E-state index contributed by atoms with van der Waals surface area (Å²) in [5.74, 6) is -1.33. The van der Waals surface area contributed by atoms with Gasteiger partial charge in [-0.15, -0.1) is 0 Å². The maximum absolute atomic E-state index is 11.4. The number of nitrogens with one attached hydrogen (secondary N) is 1. The number of aliphatic carboxylic acids is 1. The second-order valence-corrected chi connectivity index (χ2v) is 4.96. The van der Waals surface area contributed by atoms with Crippen LogP contribution in [0.3, 0.4) is 0 Å². The molecule has 0 heterocycles. The van der Waals surface area contributed by atoms with Crippen molar-refractivity contribution in [2.24, 2.45) is 0 Å². The summed E-state index contributed by atoms with van der Waals surface area (Å²) in [5, 5.41) is 12.6. The zero-order valence-corrected chi connectivity index (χ0v) is 11.9. The summed E-state index contributed by atoms with van der Waals surface area (Å²) in [4.78, 5) is 22.4. The summed E-state index contributed by atoms with van der Waals surface area (Å²) in [7, 11) is 0. The van der Waals surface area contributed by atoms with Crippen LogP contribution in [-0.4, -0.2) is 28.4 Å². The first-order valence-electron chi connectivity index (χ1n) is 5.35.